The van der Waals surface area contributed by atoms with E-state index >= 15 is 0 Å². The van der Waals surface area contributed by atoms with Gasteiger partial charge in [0.2, 0.25) is 0 Å². The molecule has 1 heterocycles. The fraction of sp³-hybridized carbons (Fsp3) is 0.182. The number of hydrogen-bond acceptors (Lipinski definition) is 3. The topological polar surface area (TPSA) is 32.3 Å². The van der Waals surface area contributed by atoms with Crippen LogP contribution in [0, 0.1) is 0 Å². The van der Waals surface area contributed by atoms with Crippen molar-refractivity contribution in [1.29, 1.82) is 0 Å². The molecule has 1 aliphatic rings. The van der Waals surface area contributed by atoms with E-state index in [4.69, 9.17) is 0 Å². The van der Waals surface area contributed by atoms with Crippen molar-refractivity contribution in [3.05, 3.63) is 47.8 Å². The lowest BCUT2D eigenvalue weighted by Crippen LogP contribution is -2.19. The molecule has 3 heteroatoms. The zero-order chi connectivity index (χ0) is 9.80. The lowest BCUT2D eigenvalue weighted by Gasteiger charge is -2.14. The predicted molar refractivity (Wildman–Crippen MR) is 54.5 cm³/mol. The Morgan fingerprint density at radius 3 is 2.71 bits per heavy atom. The lowest BCUT2D eigenvalue weighted by atomic mass is 10.1. The van der Waals surface area contributed by atoms with Crippen LogP contribution in [0.4, 0.5) is 0 Å². The van der Waals surface area contributed by atoms with Crippen LogP contribution in [-0.4, -0.2) is 17.9 Å². The Bertz CT molecular complexity index is 343. The molecule has 3 nitrogen and oxygen atoms in total. The molecule has 1 aliphatic heterocycles. The van der Waals surface area contributed by atoms with Crippen LogP contribution in [0.1, 0.15) is 15.9 Å². The average Bonchev–Trinajstić information content (AvgIpc) is 2.72. The highest BCUT2D eigenvalue weighted by atomic mass is 16.1. The van der Waals surface area contributed by atoms with Gasteiger partial charge in [0.15, 0.2) is 0 Å². The molecule has 0 atom stereocenters. The average molecular weight is 188 g/mol. The van der Waals surface area contributed by atoms with Gasteiger partial charge in [0.05, 0.1) is 6.67 Å². The van der Waals surface area contributed by atoms with Crippen LogP contribution in [0.3, 0.4) is 0 Å². The van der Waals surface area contributed by atoms with Gasteiger partial charge in [0.25, 0.3) is 0 Å². The third-order valence-corrected chi connectivity index (χ3v) is 2.20. The van der Waals surface area contributed by atoms with E-state index in [0.29, 0.717) is 0 Å². The first-order chi connectivity index (χ1) is 6.88. The maximum atomic E-state index is 10.4. The Kier molecular flexibility index (Phi) is 2.49. The number of nitrogens with zero attached hydrogens (tertiary/aromatic N) is 1. The van der Waals surface area contributed by atoms with Crippen LogP contribution >= 0.6 is 0 Å². The Morgan fingerprint density at radius 2 is 2.14 bits per heavy atom. The first-order valence-electron chi connectivity index (χ1n) is 4.57. The summed E-state index contributed by atoms with van der Waals surface area (Å²) >= 11 is 0. The van der Waals surface area contributed by atoms with Gasteiger partial charge in [-0.05, 0) is 5.56 Å². The van der Waals surface area contributed by atoms with E-state index in [1.54, 1.807) is 0 Å². The van der Waals surface area contributed by atoms with Gasteiger partial charge in [-0.15, -0.1) is 0 Å². The quantitative estimate of drug-likeness (QED) is 0.726. The van der Waals surface area contributed by atoms with E-state index in [9.17, 15) is 4.79 Å². The highest BCUT2D eigenvalue weighted by Gasteiger charge is 2.03. The molecule has 0 bridgehead atoms. The van der Waals surface area contributed by atoms with Crippen molar-refractivity contribution in [1.82, 2.24) is 10.2 Å². The summed E-state index contributed by atoms with van der Waals surface area (Å²) in [6.07, 6.45) is 4.81. The number of benzene rings is 1. The van der Waals surface area contributed by atoms with Crippen molar-refractivity contribution < 1.29 is 4.79 Å². The summed E-state index contributed by atoms with van der Waals surface area (Å²) in [5.74, 6) is 0. The van der Waals surface area contributed by atoms with Crippen molar-refractivity contribution in [3.8, 4) is 0 Å². The zero-order valence-electron chi connectivity index (χ0n) is 7.81. The standard InChI is InChI=1S/C11H12N2O/c14-8-11-3-1-10(2-4-11)7-13-6-5-12-9-13/h1-6,8,12H,7,9H2. The zero-order valence-corrected chi connectivity index (χ0v) is 7.81. The van der Waals surface area contributed by atoms with Crippen LogP contribution in [0.15, 0.2) is 36.7 Å². The summed E-state index contributed by atoms with van der Waals surface area (Å²) in [5, 5.41) is 3.10. The van der Waals surface area contributed by atoms with E-state index in [2.05, 4.69) is 10.2 Å². The summed E-state index contributed by atoms with van der Waals surface area (Å²) in [6.45, 7) is 1.73. The molecule has 0 saturated carbocycles. The fourth-order valence-electron chi connectivity index (χ4n) is 1.43. The minimum Gasteiger partial charge on any atom is -0.373 e. The number of aldehydes is 1. The van der Waals surface area contributed by atoms with Gasteiger partial charge in [0, 0.05) is 24.5 Å². The molecule has 0 aromatic heterocycles. The molecule has 1 N–H and O–H groups in total. The van der Waals surface area contributed by atoms with E-state index in [-0.39, 0.29) is 0 Å². The van der Waals surface area contributed by atoms with Crippen LogP contribution in [0.5, 0.6) is 0 Å². The summed E-state index contributed by atoms with van der Waals surface area (Å²) in [4.78, 5) is 12.6. The Labute approximate surface area is 83.0 Å². The molecule has 0 unspecified atom stereocenters. The number of carbonyl (C=O) groups is 1. The molecular formula is C11H12N2O. The second kappa shape index (κ2) is 3.96. The molecule has 0 fully saturated rings. The van der Waals surface area contributed by atoms with Crippen molar-refractivity contribution in [3.63, 3.8) is 0 Å². The van der Waals surface area contributed by atoms with Gasteiger partial charge in [-0.3, -0.25) is 4.79 Å². The lowest BCUT2D eigenvalue weighted by molar-refractivity contribution is 0.112. The largest absolute Gasteiger partial charge is 0.373 e. The minimum atomic E-state index is 0.726. The molecule has 72 valence electrons. The van der Waals surface area contributed by atoms with E-state index < -0.39 is 0 Å². The van der Waals surface area contributed by atoms with E-state index in [0.717, 1.165) is 25.1 Å². The second-order valence-electron chi connectivity index (χ2n) is 3.28. The summed E-state index contributed by atoms with van der Waals surface area (Å²) in [5.41, 5.74) is 1.94. The van der Waals surface area contributed by atoms with Gasteiger partial charge in [0.1, 0.15) is 6.29 Å². The van der Waals surface area contributed by atoms with Gasteiger partial charge >= 0.3 is 0 Å². The molecule has 0 amide bonds. The smallest absolute Gasteiger partial charge is 0.150 e. The molecule has 0 saturated heterocycles. The van der Waals surface area contributed by atoms with Crippen molar-refractivity contribution in [2.75, 3.05) is 6.67 Å². The molecule has 1 aromatic rings. The van der Waals surface area contributed by atoms with Crippen LogP contribution in [-0.2, 0) is 6.54 Å². The second-order valence-corrected chi connectivity index (χ2v) is 3.28. The monoisotopic (exact) mass is 188 g/mol. The maximum Gasteiger partial charge on any atom is 0.150 e. The van der Waals surface area contributed by atoms with Gasteiger partial charge < -0.3 is 10.2 Å². The molecule has 1 aromatic carbocycles. The van der Waals surface area contributed by atoms with Gasteiger partial charge in [-0.2, -0.15) is 0 Å². The number of rotatable bonds is 3. The summed E-state index contributed by atoms with van der Waals surface area (Å²) < 4.78 is 0. The van der Waals surface area contributed by atoms with Crippen LogP contribution in [0.25, 0.3) is 0 Å². The third kappa shape index (κ3) is 1.93. The number of carbonyl (C=O) groups excluding carboxylic acids is 1. The van der Waals surface area contributed by atoms with Crippen LogP contribution < -0.4 is 5.32 Å². The Hall–Kier alpha value is -1.77. The van der Waals surface area contributed by atoms with Crippen molar-refractivity contribution >= 4 is 6.29 Å². The predicted octanol–water partition coefficient (Wildman–Crippen LogP) is 1.33. The molecule has 0 aliphatic carbocycles. The Morgan fingerprint density at radius 1 is 1.36 bits per heavy atom. The Balaban J connectivity index is 2.02. The molecular weight excluding hydrogens is 176 g/mol. The first-order valence-corrected chi connectivity index (χ1v) is 4.57. The summed E-state index contributed by atoms with van der Waals surface area (Å²) in [6, 6.07) is 7.65. The molecule has 0 radical (unpaired) electrons. The SMILES string of the molecule is O=Cc1ccc(CN2C=CNC2)cc1. The normalized spacial score (nSPS) is 14.1. The molecule has 2 rings (SSSR count). The fourth-order valence-corrected chi connectivity index (χ4v) is 1.43. The molecule has 0 spiro atoms. The summed E-state index contributed by atoms with van der Waals surface area (Å²) in [7, 11) is 0. The number of nitrogens with one attached hydrogen (secondary N) is 1. The first kappa shape index (κ1) is 8.81. The highest BCUT2D eigenvalue weighted by molar-refractivity contribution is 5.74. The van der Waals surface area contributed by atoms with E-state index in [1.807, 2.05) is 36.7 Å². The highest BCUT2D eigenvalue weighted by Crippen LogP contribution is 2.07. The molecule has 14 heavy (non-hydrogen) atoms. The van der Waals surface area contributed by atoms with E-state index in [1.165, 1.54) is 5.56 Å². The van der Waals surface area contributed by atoms with Crippen molar-refractivity contribution in [2.24, 2.45) is 0 Å². The van der Waals surface area contributed by atoms with Gasteiger partial charge in [-0.1, -0.05) is 24.3 Å². The van der Waals surface area contributed by atoms with Gasteiger partial charge in [-0.25, -0.2) is 0 Å². The van der Waals surface area contributed by atoms with Crippen LogP contribution in [0.2, 0.25) is 0 Å². The number of hydrogen-bond donors (Lipinski definition) is 1. The third-order valence-electron chi connectivity index (χ3n) is 2.20. The van der Waals surface area contributed by atoms with Crippen molar-refractivity contribution in [2.45, 2.75) is 6.54 Å². The maximum absolute atomic E-state index is 10.4. The minimum absolute atomic E-state index is 0.726.